The van der Waals surface area contributed by atoms with Gasteiger partial charge in [0.25, 0.3) is 0 Å². The lowest BCUT2D eigenvalue weighted by molar-refractivity contribution is 0.0688. The monoisotopic (exact) mass is 189 g/mol. The molecule has 0 unspecified atom stereocenters. The van der Waals surface area contributed by atoms with Crippen LogP contribution in [0.3, 0.4) is 0 Å². The maximum atomic E-state index is 12.2. The summed E-state index contributed by atoms with van der Waals surface area (Å²) < 4.78 is 12.2. The first-order valence-electron chi connectivity index (χ1n) is 3.09. The van der Waals surface area contributed by atoms with E-state index in [1.165, 1.54) is 12.3 Å². The number of halogens is 2. The molecule has 0 saturated heterocycles. The Kier molecular flexibility index (Phi) is 2.60. The van der Waals surface area contributed by atoms with Gasteiger partial charge in [0.1, 0.15) is 6.67 Å². The Labute approximate surface area is 72.8 Å². The highest BCUT2D eigenvalue weighted by Crippen LogP contribution is 2.14. The smallest absolute Gasteiger partial charge is 0.354 e. The summed E-state index contributed by atoms with van der Waals surface area (Å²) in [5, 5.41) is 8.74. The van der Waals surface area contributed by atoms with Crippen LogP contribution < -0.4 is 0 Å². The van der Waals surface area contributed by atoms with E-state index in [9.17, 15) is 9.18 Å². The number of carboxylic acids is 1. The van der Waals surface area contributed by atoms with Crippen LogP contribution in [0.5, 0.6) is 0 Å². The van der Waals surface area contributed by atoms with Crippen LogP contribution >= 0.6 is 11.6 Å². The van der Waals surface area contributed by atoms with Gasteiger partial charge in [-0.25, -0.2) is 14.2 Å². The molecular weight excluding hydrogens is 185 g/mol. The molecule has 0 aliphatic heterocycles. The molecule has 64 valence electrons. The zero-order valence-electron chi connectivity index (χ0n) is 5.92. The quantitative estimate of drug-likeness (QED) is 0.773. The first-order chi connectivity index (χ1) is 5.65. The van der Waals surface area contributed by atoms with Crippen LogP contribution in [-0.2, 0) is 6.67 Å². The number of carbonyl (C=O) groups is 1. The van der Waals surface area contributed by atoms with E-state index < -0.39 is 12.6 Å². The Hall–Kier alpha value is -1.16. The van der Waals surface area contributed by atoms with Gasteiger partial charge in [0.05, 0.1) is 5.02 Å². The summed E-state index contributed by atoms with van der Waals surface area (Å²) in [7, 11) is 0. The summed E-state index contributed by atoms with van der Waals surface area (Å²) in [5.41, 5.74) is -0.295. The highest BCUT2D eigenvalue weighted by molar-refractivity contribution is 6.30. The molecule has 0 spiro atoms. The summed E-state index contributed by atoms with van der Waals surface area (Å²) in [4.78, 5) is 13.9. The molecule has 3 nitrogen and oxygen atoms in total. The van der Waals surface area contributed by atoms with Crippen LogP contribution in [0.1, 0.15) is 16.1 Å². The average Bonchev–Trinajstić information content (AvgIpc) is 2.03. The van der Waals surface area contributed by atoms with Crippen molar-refractivity contribution in [1.82, 2.24) is 4.98 Å². The minimum atomic E-state index is -1.25. The molecule has 0 aliphatic carbocycles. The van der Waals surface area contributed by atoms with Crippen molar-refractivity contribution in [3.05, 3.63) is 28.5 Å². The molecule has 0 atom stereocenters. The average molecular weight is 190 g/mol. The fraction of sp³-hybridized carbons (Fsp3) is 0.143. The van der Waals surface area contributed by atoms with Crippen LogP contribution in [0, 0.1) is 0 Å². The molecule has 12 heavy (non-hydrogen) atoms. The number of rotatable bonds is 2. The van der Waals surface area contributed by atoms with Crippen molar-refractivity contribution >= 4 is 17.6 Å². The number of carboxylic acid groups (broad SMARTS) is 1. The third-order valence-corrected chi connectivity index (χ3v) is 1.49. The Bertz CT molecular complexity index is 316. The molecular formula is C7H5ClFNO2. The molecule has 1 aromatic heterocycles. The van der Waals surface area contributed by atoms with Crippen molar-refractivity contribution in [3.63, 3.8) is 0 Å². The van der Waals surface area contributed by atoms with Crippen molar-refractivity contribution in [3.8, 4) is 0 Å². The highest BCUT2D eigenvalue weighted by Gasteiger charge is 2.11. The number of aromatic carboxylic acids is 1. The van der Waals surface area contributed by atoms with Crippen molar-refractivity contribution in [2.24, 2.45) is 0 Å². The lowest BCUT2D eigenvalue weighted by Crippen LogP contribution is -2.04. The first kappa shape index (κ1) is 8.93. The third-order valence-electron chi connectivity index (χ3n) is 1.28. The van der Waals surface area contributed by atoms with Gasteiger partial charge in [0.2, 0.25) is 0 Å². The second-order valence-electron chi connectivity index (χ2n) is 2.10. The molecule has 1 rings (SSSR count). The Morgan fingerprint density at radius 2 is 2.42 bits per heavy atom. The number of alkyl halides is 1. The number of hydrogen-bond acceptors (Lipinski definition) is 2. The topological polar surface area (TPSA) is 50.2 Å². The van der Waals surface area contributed by atoms with E-state index >= 15 is 0 Å². The molecule has 0 amide bonds. The van der Waals surface area contributed by atoms with Gasteiger partial charge in [-0.3, -0.25) is 0 Å². The van der Waals surface area contributed by atoms with Gasteiger partial charge in [0, 0.05) is 11.8 Å². The molecule has 0 fully saturated rings. The number of nitrogens with zero attached hydrogens (tertiary/aromatic N) is 1. The molecule has 1 aromatic rings. The summed E-state index contributed by atoms with van der Waals surface area (Å²) >= 11 is 5.48. The van der Waals surface area contributed by atoms with Gasteiger partial charge in [-0.15, -0.1) is 0 Å². The summed E-state index contributed by atoms with van der Waals surface area (Å²) in [6.45, 7) is -0.880. The summed E-state index contributed by atoms with van der Waals surface area (Å²) in [5.74, 6) is -1.25. The van der Waals surface area contributed by atoms with E-state index in [0.717, 1.165) is 0 Å². The lowest BCUT2D eigenvalue weighted by Gasteiger charge is -1.99. The third kappa shape index (κ3) is 1.71. The molecule has 0 saturated carbocycles. The second kappa shape index (κ2) is 3.49. The molecule has 1 N–H and O–H groups in total. The van der Waals surface area contributed by atoms with Gasteiger partial charge in [0.15, 0.2) is 5.69 Å². The maximum absolute atomic E-state index is 12.2. The normalized spacial score (nSPS) is 9.83. The van der Waals surface area contributed by atoms with Crippen LogP contribution in [0.15, 0.2) is 12.3 Å². The minimum absolute atomic E-state index is 0.00463. The van der Waals surface area contributed by atoms with Crippen molar-refractivity contribution in [2.45, 2.75) is 6.67 Å². The van der Waals surface area contributed by atoms with Gasteiger partial charge in [-0.1, -0.05) is 11.6 Å². The van der Waals surface area contributed by atoms with Crippen molar-refractivity contribution in [1.29, 1.82) is 0 Å². The lowest BCUT2D eigenvalue weighted by atomic mass is 10.2. The molecule has 0 bridgehead atoms. The fourth-order valence-electron chi connectivity index (χ4n) is 0.776. The molecule has 0 radical (unpaired) electrons. The molecule has 0 aliphatic rings. The maximum Gasteiger partial charge on any atom is 0.354 e. The second-order valence-corrected chi connectivity index (χ2v) is 2.54. The van der Waals surface area contributed by atoms with Crippen LogP contribution in [0.2, 0.25) is 5.02 Å². The zero-order chi connectivity index (χ0) is 9.14. The Morgan fingerprint density at radius 1 is 1.75 bits per heavy atom. The van der Waals surface area contributed by atoms with Gasteiger partial charge in [-0.2, -0.15) is 0 Å². The first-order valence-corrected chi connectivity index (χ1v) is 3.46. The number of pyridine rings is 1. The van der Waals surface area contributed by atoms with Crippen LogP contribution in [0.4, 0.5) is 4.39 Å². The number of aromatic nitrogens is 1. The molecule has 0 aromatic carbocycles. The standard InChI is InChI=1S/C7H5ClFNO2/c8-5-1-4(2-9)6(7(11)12)10-3-5/h1,3H,2H2,(H,11,12). The van der Waals surface area contributed by atoms with Crippen LogP contribution in [-0.4, -0.2) is 16.1 Å². The van der Waals surface area contributed by atoms with Crippen LogP contribution in [0.25, 0.3) is 0 Å². The van der Waals surface area contributed by atoms with E-state index in [0.29, 0.717) is 0 Å². The predicted molar refractivity (Wildman–Crippen MR) is 41.0 cm³/mol. The molecule has 1 heterocycles. The largest absolute Gasteiger partial charge is 0.477 e. The summed E-state index contributed by atoms with van der Waals surface area (Å²) in [6, 6.07) is 1.25. The van der Waals surface area contributed by atoms with Gasteiger partial charge in [-0.05, 0) is 6.07 Å². The Balaban J connectivity index is 3.20. The van der Waals surface area contributed by atoms with Gasteiger partial charge >= 0.3 is 5.97 Å². The van der Waals surface area contributed by atoms with E-state index in [1.807, 2.05) is 0 Å². The number of hydrogen-bond donors (Lipinski definition) is 1. The SMILES string of the molecule is O=C(O)c1ncc(Cl)cc1CF. The zero-order valence-corrected chi connectivity index (χ0v) is 6.68. The van der Waals surface area contributed by atoms with Crippen molar-refractivity contribution in [2.75, 3.05) is 0 Å². The van der Waals surface area contributed by atoms with E-state index in [4.69, 9.17) is 16.7 Å². The summed E-state index contributed by atoms with van der Waals surface area (Å²) in [6.07, 6.45) is 1.17. The van der Waals surface area contributed by atoms with E-state index in [1.54, 1.807) is 0 Å². The van der Waals surface area contributed by atoms with E-state index in [2.05, 4.69) is 4.98 Å². The fourth-order valence-corrected chi connectivity index (χ4v) is 0.956. The molecule has 5 heteroatoms. The van der Waals surface area contributed by atoms with E-state index in [-0.39, 0.29) is 16.3 Å². The van der Waals surface area contributed by atoms with Gasteiger partial charge < -0.3 is 5.11 Å². The Morgan fingerprint density at radius 3 is 2.92 bits per heavy atom. The highest BCUT2D eigenvalue weighted by atomic mass is 35.5. The predicted octanol–water partition coefficient (Wildman–Crippen LogP) is 1.90. The van der Waals surface area contributed by atoms with Crippen molar-refractivity contribution < 1.29 is 14.3 Å². The minimum Gasteiger partial charge on any atom is -0.477 e.